The van der Waals surface area contributed by atoms with Gasteiger partial charge in [-0.05, 0) is 59.8 Å². The smallest absolute Gasteiger partial charge is 0.0220 e. The first-order valence-corrected chi connectivity index (χ1v) is 8.15. The van der Waals surface area contributed by atoms with Crippen molar-refractivity contribution in [2.24, 2.45) is 5.92 Å². The van der Waals surface area contributed by atoms with Crippen LogP contribution in [0.3, 0.4) is 0 Å². The molecule has 0 aromatic rings. The average molecular weight is 281 g/mol. The molecule has 1 aliphatic rings. The highest BCUT2D eigenvalue weighted by atomic mass is 15.2. The Morgan fingerprint density at radius 1 is 1.25 bits per heavy atom. The molecule has 1 saturated heterocycles. The van der Waals surface area contributed by atoms with E-state index >= 15 is 0 Å². The van der Waals surface area contributed by atoms with E-state index in [9.17, 15) is 0 Å². The maximum Gasteiger partial charge on any atom is 0.0220 e. The van der Waals surface area contributed by atoms with Gasteiger partial charge in [0.15, 0.2) is 0 Å². The van der Waals surface area contributed by atoms with Crippen molar-refractivity contribution in [2.75, 3.05) is 40.3 Å². The van der Waals surface area contributed by atoms with Crippen LogP contribution in [0.15, 0.2) is 11.6 Å². The second-order valence-electron chi connectivity index (χ2n) is 7.14. The normalized spacial score (nSPS) is 19.6. The summed E-state index contributed by atoms with van der Waals surface area (Å²) in [4.78, 5) is 4.86. The fourth-order valence-corrected chi connectivity index (χ4v) is 2.75. The molecule has 3 heteroatoms. The van der Waals surface area contributed by atoms with Gasteiger partial charge in [0.1, 0.15) is 0 Å². The van der Waals surface area contributed by atoms with Crippen LogP contribution in [0.5, 0.6) is 0 Å². The van der Waals surface area contributed by atoms with Crippen LogP contribution in [0.25, 0.3) is 0 Å². The zero-order valence-corrected chi connectivity index (χ0v) is 14.4. The number of hydrogen-bond acceptors (Lipinski definition) is 3. The summed E-state index contributed by atoms with van der Waals surface area (Å²) in [6.07, 6.45) is 4.91. The number of allylic oxidation sites excluding steroid dienone is 1. The summed E-state index contributed by atoms with van der Waals surface area (Å²) in [6, 6.07) is 1.31. The average Bonchev–Trinajstić information content (AvgIpc) is 2.36. The predicted octanol–water partition coefficient (Wildman–Crippen LogP) is 2.59. The number of nitrogens with one attached hydrogen (secondary N) is 1. The molecule has 0 aromatic heterocycles. The monoisotopic (exact) mass is 281 g/mol. The van der Waals surface area contributed by atoms with Gasteiger partial charge in [-0.25, -0.2) is 0 Å². The molecule has 1 aliphatic heterocycles. The van der Waals surface area contributed by atoms with E-state index in [1.54, 1.807) is 0 Å². The molecule has 1 N–H and O–H groups in total. The van der Waals surface area contributed by atoms with E-state index in [0.717, 1.165) is 13.1 Å². The van der Waals surface area contributed by atoms with E-state index in [-0.39, 0.29) is 0 Å². The highest BCUT2D eigenvalue weighted by molar-refractivity contribution is 4.96. The number of nitrogens with zero attached hydrogens (tertiary/aromatic N) is 2. The van der Waals surface area contributed by atoms with Gasteiger partial charge < -0.3 is 10.2 Å². The molecule has 1 atom stereocenters. The molecule has 0 radical (unpaired) electrons. The third-order valence-corrected chi connectivity index (χ3v) is 4.16. The zero-order chi connectivity index (χ0) is 15.1. The molecule has 0 aliphatic carbocycles. The summed E-state index contributed by atoms with van der Waals surface area (Å²) in [5.74, 6) is 0.695. The largest absolute Gasteiger partial charge is 0.310 e. The van der Waals surface area contributed by atoms with Gasteiger partial charge in [-0.2, -0.15) is 0 Å². The number of likely N-dealkylation sites (N-methyl/N-ethyl adjacent to an activating group) is 1. The molecule has 1 unspecified atom stereocenters. The quantitative estimate of drug-likeness (QED) is 0.724. The summed E-state index contributed by atoms with van der Waals surface area (Å²) in [6.45, 7) is 13.7. The van der Waals surface area contributed by atoms with Gasteiger partial charge >= 0.3 is 0 Å². The van der Waals surface area contributed by atoms with Crippen LogP contribution in [0, 0.1) is 5.92 Å². The SMILES string of the molecule is CC(C)=CCN1CCC(NC(CN(C)C)C(C)C)CC1. The van der Waals surface area contributed by atoms with Crippen molar-refractivity contribution in [3.05, 3.63) is 11.6 Å². The Balaban J connectivity index is 2.35. The topological polar surface area (TPSA) is 18.5 Å². The first-order valence-electron chi connectivity index (χ1n) is 8.15. The lowest BCUT2D eigenvalue weighted by atomic mass is 9.98. The molecule has 1 fully saturated rings. The fraction of sp³-hybridized carbons (Fsp3) is 0.882. The zero-order valence-electron chi connectivity index (χ0n) is 14.4. The van der Waals surface area contributed by atoms with Crippen LogP contribution in [0.2, 0.25) is 0 Å². The summed E-state index contributed by atoms with van der Waals surface area (Å²) in [7, 11) is 4.33. The first kappa shape index (κ1) is 17.7. The Bertz CT molecular complexity index is 285. The highest BCUT2D eigenvalue weighted by Crippen LogP contribution is 2.13. The maximum atomic E-state index is 3.89. The summed E-state index contributed by atoms with van der Waals surface area (Å²) < 4.78 is 0. The second-order valence-corrected chi connectivity index (χ2v) is 7.14. The molecule has 1 rings (SSSR count). The van der Waals surface area contributed by atoms with E-state index in [1.807, 2.05) is 0 Å². The van der Waals surface area contributed by atoms with Crippen molar-refractivity contribution in [1.29, 1.82) is 0 Å². The summed E-state index contributed by atoms with van der Waals surface area (Å²) in [5, 5.41) is 3.89. The molecule has 0 aromatic carbocycles. The van der Waals surface area contributed by atoms with E-state index in [0.29, 0.717) is 18.0 Å². The highest BCUT2D eigenvalue weighted by Gasteiger charge is 2.23. The lowest BCUT2D eigenvalue weighted by molar-refractivity contribution is 0.186. The van der Waals surface area contributed by atoms with Crippen LogP contribution in [0.1, 0.15) is 40.5 Å². The third-order valence-electron chi connectivity index (χ3n) is 4.16. The molecule has 118 valence electrons. The standard InChI is InChI=1S/C17H35N3/c1-14(2)7-10-20-11-8-16(9-12-20)18-17(15(3)4)13-19(5)6/h7,15-18H,8-13H2,1-6H3. The Hall–Kier alpha value is -0.380. The van der Waals surface area contributed by atoms with Gasteiger partial charge in [0, 0.05) is 25.2 Å². The minimum atomic E-state index is 0.610. The van der Waals surface area contributed by atoms with Gasteiger partial charge in [-0.15, -0.1) is 0 Å². The number of piperidine rings is 1. The summed E-state index contributed by atoms with van der Waals surface area (Å²) >= 11 is 0. The maximum absolute atomic E-state index is 3.89. The number of rotatable bonds is 7. The van der Waals surface area contributed by atoms with E-state index < -0.39 is 0 Å². The Morgan fingerprint density at radius 3 is 2.30 bits per heavy atom. The van der Waals surface area contributed by atoms with Crippen molar-refractivity contribution in [3.8, 4) is 0 Å². The molecule has 0 spiro atoms. The van der Waals surface area contributed by atoms with Gasteiger partial charge in [0.25, 0.3) is 0 Å². The molecular formula is C17H35N3. The van der Waals surface area contributed by atoms with Gasteiger partial charge in [-0.3, -0.25) is 4.90 Å². The molecule has 20 heavy (non-hydrogen) atoms. The van der Waals surface area contributed by atoms with Crippen LogP contribution in [-0.2, 0) is 0 Å². The molecular weight excluding hydrogens is 246 g/mol. The van der Waals surface area contributed by atoms with Crippen LogP contribution < -0.4 is 5.32 Å². The summed E-state index contributed by atoms with van der Waals surface area (Å²) in [5.41, 5.74) is 1.43. The number of hydrogen-bond donors (Lipinski definition) is 1. The van der Waals surface area contributed by atoms with Crippen LogP contribution >= 0.6 is 0 Å². The molecule has 3 nitrogen and oxygen atoms in total. The predicted molar refractivity (Wildman–Crippen MR) is 89.2 cm³/mol. The van der Waals surface area contributed by atoms with Crippen molar-refractivity contribution in [3.63, 3.8) is 0 Å². The molecule has 1 heterocycles. The van der Waals surface area contributed by atoms with Crippen molar-refractivity contribution in [2.45, 2.75) is 52.6 Å². The van der Waals surface area contributed by atoms with E-state index in [1.165, 1.54) is 31.5 Å². The van der Waals surface area contributed by atoms with Crippen molar-refractivity contribution in [1.82, 2.24) is 15.1 Å². The second kappa shape index (κ2) is 8.81. The number of likely N-dealkylation sites (tertiary alicyclic amines) is 1. The van der Waals surface area contributed by atoms with Gasteiger partial charge in [-0.1, -0.05) is 25.5 Å². The first-order chi connectivity index (χ1) is 9.38. The van der Waals surface area contributed by atoms with Gasteiger partial charge in [0.2, 0.25) is 0 Å². The Morgan fingerprint density at radius 2 is 1.85 bits per heavy atom. The van der Waals surface area contributed by atoms with E-state index in [2.05, 4.69) is 63.0 Å². The van der Waals surface area contributed by atoms with Crippen molar-refractivity contribution >= 4 is 0 Å². The molecule has 0 bridgehead atoms. The third kappa shape index (κ3) is 6.87. The Labute approximate surface area is 126 Å². The minimum Gasteiger partial charge on any atom is -0.310 e. The minimum absolute atomic E-state index is 0.610. The lowest BCUT2D eigenvalue weighted by Crippen LogP contribution is -2.50. The lowest BCUT2D eigenvalue weighted by Gasteiger charge is -2.36. The molecule has 0 saturated carbocycles. The van der Waals surface area contributed by atoms with E-state index in [4.69, 9.17) is 0 Å². The fourth-order valence-electron chi connectivity index (χ4n) is 2.75. The van der Waals surface area contributed by atoms with Crippen LogP contribution in [0.4, 0.5) is 0 Å². The Kier molecular flexibility index (Phi) is 7.78. The molecule has 0 amide bonds. The van der Waals surface area contributed by atoms with Gasteiger partial charge in [0.05, 0.1) is 0 Å². The van der Waals surface area contributed by atoms with Crippen molar-refractivity contribution < 1.29 is 0 Å². The van der Waals surface area contributed by atoms with Crippen LogP contribution in [-0.4, -0.2) is 62.2 Å².